The van der Waals surface area contributed by atoms with E-state index < -0.39 is 5.97 Å². The van der Waals surface area contributed by atoms with Gasteiger partial charge in [0.05, 0.1) is 13.2 Å². The average molecular weight is 351 g/mol. The molecular weight excluding hydrogens is 330 g/mol. The van der Waals surface area contributed by atoms with Gasteiger partial charge in [0.25, 0.3) is 0 Å². The monoisotopic (exact) mass is 351 g/mol. The number of hydrogen-bond acceptors (Lipinski definition) is 5. The zero-order chi connectivity index (χ0) is 18.6. The molecule has 0 saturated heterocycles. The van der Waals surface area contributed by atoms with Gasteiger partial charge in [-0.25, -0.2) is 4.79 Å². The normalized spacial score (nSPS) is 11.3. The minimum Gasteiger partial charge on any atom is -0.493 e. The summed E-state index contributed by atoms with van der Waals surface area (Å²) < 4.78 is 16.9. The maximum Gasteiger partial charge on any atom is 0.330 e. The van der Waals surface area contributed by atoms with Crippen LogP contribution in [0.15, 0.2) is 65.9 Å². The van der Waals surface area contributed by atoms with Gasteiger partial charge in [-0.2, -0.15) is 0 Å². The highest BCUT2D eigenvalue weighted by molar-refractivity contribution is 5.83. The SMILES string of the molecule is C=CC(=O)OCC(C)(C)COc1ccc2cc(-c3cccnc3)oc2c1. The summed E-state index contributed by atoms with van der Waals surface area (Å²) in [6.07, 6.45) is 4.65. The maximum atomic E-state index is 11.2. The summed E-state index contributed by atoms with van der Waals surface area (Å²) in [5.74, 6) is 1.03. The van der Waals surface area contributed by atoms with Crippen LogP contribution in [-0.2, 0) is 9.53 Å². The zero-order valence-corrected chi connectivity index (χ0v) is 14.9. The van der Waals surface area contributed by atoms with E-state index in [0.717, 1.165) is 28.4 Å². The number of nitrogens with zero attached hydrogens (tertiary/aromatic N) is 1. The predicted octanol–water partition coefficient (Wildman–Crippen LogP) is 4.63. The lowest BCUT2D eigenvalue weighted by molar-refractivity contribution is -0.141. The van der Waals surface area contributed by atoms with E-state index in [4.69, 9.17) is 13.9 Å². The minimum atomic E-state index is -0.432. The number of fused-ring (bicyclic) bond motifs is 1. The third-order valence-electron chi connectivity index (χ3n) is 3.84. The van der Waals surface area contributed by atoms with Crippen LogP contribution in [0.2, 0.25) is 0 Å². The number of rotatable bonds is 7. The first kappa shape index (κ1) is 17.7. The first-order chi connectivity index (χ1) is 12.5. The van der Waals surface area contributed by atoms with Crippen molar-refractivity contribution >= 4 is 16.9 Å². The zero-order valence-electron chi connectivity index (χ0n) is 14.9. The second kappa shape index (κ2) is 7.44. The minimum absolute atomic E-state index is 0.256. The van der Waals surface area contributed by atoms with Gasteiger partial charge in [0.2, 0.25) is 0 Å². The number of ether oxygens (including phenoxy) is 2. The van der Waals surface area contributed by atoms with Gasteiger partial charge in [-0.15, -0.1) is 0 Å². The number of benzene rings is 1. The fraction of sp³-hybridized carbons (Fsp3) is 0.238. The van der Waals surface area contributed by atoms with Crippen molar-refractivity contribution < 1.29 is 18.7 Å². The van der Waals surface area contributed by atoms with Gasteiger partial charge >= 0.3 is 5.97 Å². The van der Waals surface area contributed by atoms with Crippen LogP contribution in [0.5, 0.6) is 5.75 Å². The lowest BCUT2D eigenvalue weighted by atomic mass is 9.96. The fourth-order valence-corrected chi connectivity index (χ4v) is 2.40. The molecular formula is C21H21NO4. The quantitative estimate of drug-likeness (QED) is 0.459. The van der Waals surface area contributed by atoms with E-state index in [1.165, 1.54) is 0 Å². The highest BCUT2D eigenvalue weighted by Gasteiger charge is 2.21. The first-order valence-corrected chi connectivity index (χ1v) is 8.33. The standard InChI is InChI=1S/C21H21NO4/c1-4-20(23)25-14-21(2,3)13-24-17-8-7-15-10-18(26-19(15)11-17)16-6-5-9-22-12-16/h4-12H,1,13-14H2,2-3H3. The largest absolute Gasteiger partial charge is 0.493 e. The molecule has 0 spiro atoms. The van der Waals surface area contributed by atoms with E-state index >= 15 is 0 Å². The molecule has 5 heteroatoms. The van der Waals surface area contributed by atoms with E-state index in [-0.39, 0.29) is 12.0 Å². The Morgan fingerprint density at radius 3 is 2.85 bits per heavy atom. The van der Waals surface area contributed by atoms with Crippen molar-refractivity contribution in [2.45, 2.75) is 13.8 Å². The van der Waals surface area contributed by atoms with Crippen LogP contribution in [0.4, 0.5) is 0 Å². The molecule has 0 radical (unpaired) electrons. The number of furan rings is 1. The number of esters is 1. The van der Waals surface area contributed by atoms with Gasteiger partial charge in [-0.05, 0) is 30.3 Å². The van der Waals surface area contributed by atoms with E-state index in [9.17, 15) is 4.79 Å². The number of carbonyl (C=O) groups is 1. The Morgan fingerprint density at radius 2 is 2.12 bits per heavy atom. The van der Waals surface area contributed by atoms with Crippen LogP contribution in [0.25, 0.3) is 22.3 Å². The van der Waals surface area contributed by atoms with Crippen molar-refractivity contribution in [2.75, 3.05) is 13.2 Å². The fourth-order valence-electron chi connectivity index (χ4n) is 2.40. The molecule has 0 aliphatic carbocycles. The molecule has 0 bridgehead atoms. The van der Waals surface area contributed by atoms with E-state index in [1.807, 2.05) is 50.2 Å². The summed E-state index contributed by atoms with van der Waals surface area (Å²) in [5, 5.41) is 0.996. The third-order valence-corrected chi connectivity index (χ3v) is 3.84. The molecule has 0 unspecified atom stereocenters. The van der Waals surface area contributed by atoms with Gasteiger partial charge in [0.15, 0.2) is 0 Å². The first-order valence-electron chi connectivity index (χ1n) is 8.33. The number of hydrogen-bond donors (Lipinski definition) is 0. The van der Waals surface area contributed by atoms with Gasteiger partial charge in [0, 0.05) is 40.9 Å². The van der Waals surface area contributed by atoms with Crippen LogP contribution >= 0.6 is 0 Å². The maximum absolute atomic E-state index is 11.2. The van der Waals surface area contributed by atoms with E-state index in [0.29, 0.717) is 12.4 Å². The van der Waals surface area contributed by atoms with Crippen molar-refractivity contribution in [3.8, 4) is 17.1 Å². The molecule has 0 saturated carbocycles. The van der Waals surface area contributed by atoms with Crippen LogP contribution < -0.4 is 4.74 Å². The molecule has 0 aliphatic heterocycles. The summed E-state index contributed by atoms with van der Waals surface area (Å²) in [4.78, 5) is 15.3. The molecule has 2 heterocycles. The topological polar surface area (TPSA) is 61.6 Å². The van der Waals surface area contributed by atoms with Crippen molar-refractivity contribution in [3.63, 3.8) is 0 Å². The summed E-state index contributed by atoms with van der Waals surface area (Å²) in [6.45, 7) is 7.98. The molecule has 26 heavy (non-hydrogen) atoms. The summed E-state index contributed by atoms with van der Waals surface area (Å²) in [5.41, 5.74) is 1.35. The number of pyridine rings is 1. The van der Waals surface area contributed by atoms with Crippen molar-refractivity contribution in [1.82, 2.24) is 4.98 Å². The Bertz CT molecular complexity index is 912. The van der Waals surface area contributed by atoms with Crippen molar-refractivity contribution in [2.24, 2.45) is 5.41 Å². The predicted molar refractivity (Wildman–Crippen MR) is 99.9 cm³/mol. The molecule has 0 atom stereocenters. The average Bonchev–Trinajstić information content (AvgIpc) is 3.09. The summed E-state index contributed by atoms with van der Waals surface area (Å²) >= 11 is 0. The van der Waals surface area contributed by atoms with Crippen molar-refractivity contribution in [1.29, 1.82) is 0 Å². The van der Waals surface area contributed by atoms with Crippen LogP contribution in [0, 0.1) is 5.41 Å². The van der Waals surface area contributed by atoms with Crippen LogP contribution in [-0.4, -0.2) is 24.2 Å². The van der Waals surface area contributed by atoms with Crippen LogP contribution in [0.1, 0.15) is 13.8 Å². The molecule has 0 amide bonds. The number of carbonyl (C=O) groups excluding carboxylic acids is 1. The van der Waals surface area contributed by atoms with Gasteiger partial charge in [-0.3, -0.25) is 4.98 Å². The third kappa shape index (κ3) is 4.30. The second-order valence-corrected chi connectivity index (χ2v) is 6.82. The van der Waals surface area contributed by atoms with Gasteiger partial charge in [-0.1, -0.05) is 20.4 Å². The number of aromatic nitrogens is 1. The van der Waals surface area contributed by atoms with E-state index in [1.54, 1.807) is 12.4 Å². The molecule has 5 nitrogen and oxygen atoms in total. The Hall–Kier alpha value is -3.08. The Kier molecular flexibility index (Phi) is 5.07. The molecule has 0 N–H and O–H groups in total. The van der Waals surface area contributed by atoms with Crippen LogP contribution in [0.3, 0.4) is 0 Å². The van der Waals surface area contributed by atoms with Gasteiger partial charge in [0.1, 0.15) is 17.1 Å². The van der Waals surface area contributed by atoms with Crippen molar-refractivity contribution in [3.05, 3.63) is 61.4 Å². The lowest BCUT2D eigenvalue weighted by Crippen LogP contribution is -2.28. The molecule has 134 valence electrons. The van der Waals surface area contributed by atoms with E-state index in [2.05, 4.69) is 11.6 Å². The Morgan fingerprint density at radius 1 is 1.27 bits per heavy atom. The molecule has 0 fully saturated rings. The van der Waals surface area contributed by atoms with Gasteiger partial charge < -0.3 is 13.9 Å². The summed E-state index contributed by atoms with van der Waals surface area (Å²) in [7, 11) is 0. The molecule has 2 aromatic heterocycles. The molecule has 0 aliphatic rings. The Labute approximate surface area is 152 Å². The highest BCUT2D eigenvalue weighted by atomic mass is 16.5. The second-order valence-electron chi connectivity index (χ2n) is 6.82. The Balaban J connectivity index is 1.69. The summed E-state index contributed by atoms with van der Waals surface area (Å²) in [6, 6.07) is 11.5. The highest BCUT2D eigenvalue weighted by Crippen LogP contribution is 2.30. The molecule has 3 aromatic rings. The molecule has 1 aromatic carbocycles. The smallest absolute Gasteiger partial charge is 0.330 e. The molecule has 3 rings (SSSR count). The lowest BCUT2D eigenvalue weighted by Gasteiger charge is -2.23.